The third-order valence-electron chi connectivity index (χ3n) is 12.4. The van der Waals surface area contributed by atoms with Gasteiger partial charge in [-0.3, -0.25) is 0 Å². The van der Waals surface area contributed by atoms with Crippen LogP contribution in [0.25, 0.3) is 120 Å². The number of aromatic nitrogens is 5. The number of para-hydroxylation sites is 5. The Hall–Kier alpha value is -8.19. The minimum atomic E-state index is 0.648. The van der Waals surface area contributed by atoms with Gasteiger partial charge in [-0.15, -0.1) is 11.3 Å². The maximum Gasteiger partial charge on any atom is 0.164 e. The summed E-state index contributed by atoms with van der Waals surface area (Å²) in [5.74, 6) is 1.95. The lowest BCUT2D eigenvalue weighted by Crippen LogP contribution is -2.00. The highest BCUT2D eigenvalue weighted by molar-refractivity contribution is 7.26. The van der Waals surface area contributed by atoms with Gasteiger partial charge in [0, 0.05) is 76.2 Å². The van der Waals surface area contributed by atoms with Crippen molar-refractivity contribution in [3.8, 4) is 56.7 Å². The van der Waals surface area contributed by atoms with E-state index in [1.165, 1.54) is 74.9 Å². The summed E-state index contributed by atoms with van der Waals surface area (Å²) in [7, 11) is 0. The smallest absolute Gasteiger partial charge is 0.164 e. The molecule has 4 heterocycles. The van der Waals surface area contributed by atoms with Crippen molar-refractivity contribution < 1.29 is 0 Å². The number of nitrogens with zero attached hydrogens (tertiary/aromatic N) is 5. The zero-order valence-electron chi connectivity index (χ0n) is 33.9. The van der Waals surface area contributed by atoms with Gasteiger partial charge in [-0.25, -0.2) is 15.0 Å². The lowest BCUT2D eigenvalue weighted by Gasteiger charge is -2.15. The minimum absolute atomic E-state index is 0.648. The van der Waals surface area contributed by atoms with Crippen molar-refractivity contribution in [2.24, 2.45) is 0 Å². The van der Waals surface area contributed by atoms with Gasteiger partial charge < -0.3 is 9.13 Å². The van der Waals surface area contributed by atoms with Gasteiger partial charge in [0.05, 0.1) is 26.8 Å². The van der Waals surface area contributed by atoms with Crippen LogP contribution in [0, 0.1) is 0 Å². The molecule has 0 saturated heterocycles. The van der Waals surface area contributed by atoms with Crippen molar-refractivity contribution in [2.75, 3.05) is 0 Å². The lowest BCUT2D eigenvalue weighted by atomic mass is 9.99. The summed E-state index contributed by atoms with van der Waals surface area (Å²) in [5.41, 5.74) is 12.3. The van der Waals surface area contributed by atoms with Crippen LogP contribution in [0.3, 0.4) is 0 Å². The molecule has 294 valence electrons. The molecule has 0 aliphatic rings. The Labute approximate surface area is 366 Å². The molecule has 0 amide bonds. The molecule has 5 nitrogen and oxygen atoms in total. The maximum atomic E-state index is 5.08. The predicted molar refractivity (Wildman–Crippen MR) is 263 cm³/mol. The number of thiophene rings is 1. The van der Waals surface area contributed by atoms with E-state index in [2.05, 4.69) is 185 Å². The average molecular weight is 822 g/mol. The number of hydrogen-bond donors (Lipinski definition) is 0. The molecule has 13 rings (SSSR count). The highest BCUT2D eigenvalue weighted by Gasteiger charge is 2.24. The van der Waals surface area contributed by atoms with Crippen LogP contribution in [0.4, 0.5) is 0 Å². The first kappa shape index (κ1) is 35.6. The average Bonchev–Trinajstić information content (AvgIpc) is 4.03. The quantitative estimate of drug-likeness (QED) is 0.168. The Balaban J connectivity index is 1.08. The molecule has 9 aromatic carbocycles. The summed E-state index contributed by atoms with van der Waals surface area (Å²) in [6.07, 6.45) is 0. The molecular weight excluding hydrogens is 787 g/mol. The first-order valence-corrected chi connectivity index (χ1v) is 22.0. The first-order chi connectivity index (χ1) is 31.3. The van der Waals surface area contributed by atoms with Gasteiger partial charge in [-0.2, -0.15) is 0 Å². The van der Waals surface area contributed by atoms with Gasteiger partial charge in [-0.05, 0) is 48.5 Å². The number of rotatable bonds is 6. The Morgan fingerprint density at radius 3 is 1.43 bits per heavy atom. The third kappa shape index (κ3) is 5.59. The maximum absolute atomic E-state index is 5.08. The van der Waals surface area contributed by atoms with E-state index in [0.717, 1.165) is 28.1 Å². The highest BCUT2D eigenvalue weighted by Crippen LogP contribution is 2.47. The Bertz CT molecular complexity index is 3830. The van der Waals surface area contributed by atoms with Crippen molar-refractivity contribution in [3.63, 3.8) is 0 Å². The van der Waals surface area contributed by atoms with Gasteiger partial charge in [0.1, 0.15) is 0 Å². The van der Waals surface area contributed by atoms with Crippen molar-refractivity contribution in [1.82, 2.24) is 24.1 Å². The molecule has 13 aromatic rings. The second-order valence-corrected chi connectivity index (χ2v) is 17.0. The van der Waals surface area contributed by atoms with Gasteiger partial charge in [0.15, 0.2) is 17.5 Å². The standard InChI is InChI=1S/C57H35N5S/c1-5-17-36(18-6-1)55-58-56(37-19-7-2-8-20-37)60-57(59-55)38-31-34-50-48(35-38)47-33-32-46-45-29-16-28-44(52(45)62(53(46)54(47)63-50)40-23-11-4-12-24-40)43-27-15-26-42-41-25-13-14-30-49(41)61(51(42)43)39-21-9-3-10-22-39/h1-35H. The van der Waals surface area contributed by atoms with Gasteiger partial charge in [-0.1, -0.05) is 164 Å². The van der Waals surface area contributed by atoms with Crippen molar-refractivity contribution in [3.05, 3.63) is 212 Å². The number of benzene rings is 9. The number of fused-ring (bicyclic) bond motifs is 10. The van der Waals surface area contributed by atoms with Gasteiger partial charge >= 0.3 is 0 Å². The SMILES string of the molecule is c1ccc(-c2nc(-c3ccccc3)nc(-c3ccc4sc5c(ccc6c7cccc(-c8cccc9c%10ccccc%10n(-c%10ccccc%10)c89)c7n(-c7ccccc7)c65)c4c3)n2)cc1. The van der Waals surface area contributed by atoms with E-state index >= 15 is 0 Å². The van der Waals surface area contributed by atoms with Gasteiger partial charge in [0.25, 0.3) is 0 Å². The largest absolute Gasteiger partial charge is 0.309 e. The molecule has 0 fully saturated rings. The van der Waals surface area contributed by atoms with Crippen LogP contribution in [0.1, 0.15) is 0 Å². The fourth-order valence-corrected chi connectivity index (χ4v) is 10.8. The van der Waals surface area contributed by atoms with Gasteiger partial charge in [0.2, 0.25) is 0 Å². The van der Waals surface area contributed by atoms with Crippen LogP contribution in [-0.4, -0.2) is 24.1 Å². The summed E-state index contributed by atoms with van der Waals surface area (Å²) in [4.78, 5) is 15.1. The summed E-state index contributed by atoms with van der Waals surface area (Å²) in [6, 6.07) is 75.6. The van der Waals surface area contributed by atoms with E-state index in [1.807, 2.05) is 47.7 Å². The first-order valence-electron chi connectivity index (χ1n) is 21.2. The molecule has 0 aliphatic heterocycles. The van der Waals surface area contributed by atoms with Crippen molar-refractivity contribution in [2.45, 2.75) is 0 Å². The zero-order chi connectivity index (χ0) is 41.4. The molecule has 0 aliphatic carbocycles. The lowest BCUT2D eigenvalue weighted by molar-refractivity contribution is 1.07. The summed E-state index contributed by atoms with van der Waals surface area (Å²) in [5, 5.41) is 7.31. The zero-order valence-corrected chi connectivity index (χ0v) is 34.7. The molecule has 0 saturated carbocycles. The minimum Gasteiger partial charge on any atom is -0.309 e. The second kappa shape index (κ2) is 14.2. The summed E-state index contributed by atoms with van der Waals surface area (Å²) >= 11 is 1.85. The molecule has 0 bridgehead atoms. The third-order valence-corrected chi connectivity index (χ3v) is 13.6. The van der Waals surface area contributed by atoms with Crippen molar-refractivity contribution >= 4 is 75.1 Å². The molecule has 0 spiro atoms. The van der Waals surface area contributed by atoms with E-state index in [-0.39, 0.29) is 0 Å². The van der Waals surface area contributed by atoms with Crippen LogP contribution in [0.5, 0.6) is 0 Å². The Morgan fingerprint density at radius 1 is 0.317 bits per heavy atom. The fraction of sp³-hybridized carbons (Fsp3) is 0. The predicted octanol–water partition coefficient (Wildman–Crippen LogP) is 15.1. The fourth-order valence-electron chi connectivity index (χ4n) is 9.59. The molecule has 0 radical (unpaired) electrons. The van der Waals surface area contributed by atoms with Crippen LogP contribution < -0.4 is 0 Å². The van der Waals surface area contributed by atoms with Crippen molar-refractivity contribution in [1.29, 1.82) is 0 Å². The monoisotopic (exact) mass is 821 g/mol. The van der Waals surface area contributed by atoms with Crippen LogP contribution in [0.2, 0.25) is 0 Å². The topological polar surface area (TPSA) is 48.5 Å². The Kier molecular flexibility index (Phi) is 8.01. The van der Waals surface area contributed by atoms with E-state index in [0.29, 0.717) is 17.5 Å². The molecule has 0 unspecified atom stereocenters. The molecule has 63 heavy (non-hydrogen) atoms. The van der Waals surface area contributed by atoms with Crippen LogP contribution in [-0.2, 0) is 0 Å². The highest BCUT2D eigenvalue weighted by atomic mass is 32.1. The molecule has 4 aromatic heterocycles. The molecular formula is C57H35N5S. The summed E-state index contributed by atoms with van der Waals surface area (Å²) < 4.78 is 7.41. The van der Waals surface area contributed by atoms with E-state index in [4.69, 9.17) is 15.0 Å². The normalized spacial score (nSPS) is 11.8. The molecule has 0 N–H and O–H groups in total. The second-order valence-electron chi connectivity index (χ2n) is 16.0. The van der Waals surface area contributed by atoms with Crippen LogP contribution in [0.15, 0.2) is 212 Å². The molecule has 0 atom stereocenters. The number of hydrogen-bond acceptors (Lipinski definition) is 4. The van der Waals surface area contributed by atoms with E-state index in [1.54, 1.807) is 0 Å². The van der Waals surface area contributed by atoms with E-state index in [9.17, 15) is 0 Å². The Morgan fingerprint density at radius 2 is 0.794 bits per heavy atom. The van der Waals surface area contributed by atoms with E-state index < -0.39 is 0 Å². The van der Waals surface area contributed by atoms with Crippen LogP contribution >= 0.6 is 11.3 Å². The molecule has 6 heteroatoms. The summed E-state index contributed by atoms with van der Waals surface area (Å²) in [6.45, 7) is 0.